The first-order valence-electron chi connectivity index (χ1n) is 5.84. The molecular formula is C13H16N2O2S. The van der Waals surface area contributed by atoms with E-state index in [0.717, 1.165) is 5.56 Å². The van der Waals surface area contributed by atoms with E-state index in [4.69, 9.17) is 0 Å². The van der Waals surface area contributed by atoms with Crippen LogP contribution >= 0.6 is 11.8 Å². The largest absolute Gasteiger partial charge is 0.342 e. The number of nitrogens with one attached hydrogen (secondary N) is 2. The lowest BCUT2D eigenvalue weighted by Gasteiger charge is -2.29. The molecule has 2 atom stereocenters. The Labute approximate surface area is 111 Å². The summed E-state index contributed by atoms with van der Waals surface area (Å²) in [7, 11) is 0. The van der Waals surface area contributed by atoms with Crippen molar-refractivity contribution in [3.63, 3.8) is 0 Å². The third-order valence-corrected chi connectivity index (χ3v) is 3.55. The zero-order valence-electron chi connectivity index (χ0n) is 10.2. The minimum absolute atomic E-state index is 0.0927. The van der Waals surface area contributed by atoms with Crippen LogP contribution in [0.4, 0.5) is 0 Å². The molecule has 2 amide bonds. The van der Waals surface area contributed by atoms with Crippen molar-refractivity contribution in [3.05, 3.63) is 35.9 Å². The second kappa shape index (κ2) is 5.91. The summed E-state index contributed by atoms with van der Waals surface area (Å²) in [6.45, 7) is 0. The van der Waals surface area contributed by atoms with Crippen LogP contribution in [0.5, 0.6) is 0 Å². The van der Waals surface area contributed by atoms with Crippen molar-refractivity contribution in [2.45, 2.75) is 18.5 Å². The van der Waals surface area contributed by atoms with Gasteiger partial charge in [-0.1, -0.05) is 30.3 Å². The molecule has 1 heterocycles. The maximum atomic E-state index is 11.9. The van der Waals surface area contributed by atoms with Crippen molar-refractivity contribution < 1.29 is 9.59 Å². The number of carbonyl (C=O) groups excluding carboxylic acids is 2. The quantitative estimate of drug-likeness (QED) is 0.836. The van der Waals surface area contributed by atoms with Crippen LogP contribution in [0.15, 0.2) is 30.3 Å². The lowest BCUT2D eigenvalue weighted by molar-refractivity contribution is -0.136. The van der Waals surface area contributed by atoms with E-state index in [2.05, 4.69) is 10.6 Å². The highest BCUT2D eigenvalue weighted by Crippen LogP contribution is 2.08. The van der Waals surface area contributed by atoms with Gasteiger partial charge in [-0.15, -0.1) is 0 Å². The number of thioether (sulfide) groups is 1. The number of amides is 2. The van der Waals surface area contributed by atoms with Crippen molar-refractivity contribution in [1.29, 1.82) is 0 Å². The van der Waals surface area contributed by atoms with Gasteiger partial charge in [-0.25, -0.2) is 0 Å². The molecule has 2 N–H and O–H groups in total. The Morgan fingerprint density at radius 3 is 2.33 bits per heavy atom. The topological polar surface area (TPSA) is 58.2 Å². The zero-order chi connectivity index (χ0) is 13.0. The van der Waals surface area contributed by atoms with Crippen molar-refractivity contribution in [2.75, 3.05) is 12.0 Å². The Morgan fingerprint density at radius 1 is 1.06 bits per heavy atom. The Bertz CT molecular complexity index is 436. The monoisotopic (exact) mass is 264 g/mol. The molecule has 18 heavy (non-hydrogen) atoms. The predicted molar refractivity (Wildman–Crippen MR) is 72.4 cm³/mol. The average Bonchev–Trinajstić information content (AvgIpc) is 2.37. The highest BCUT2D eigenvalue weighted by Gasteiger charge is 2.32. The van der Waals surface area contributed by atoms with Gasteiger partial charge < -0.3 is 10.6 Å². The van der Waals surface area contributed by atoms with E-state index in [-0.39, 0.29) is 11.8 Å². The third-order valence-electron chi connectivity index (χ3n) is 2.88. The molecule has 0 aliphatic carbocycles. The molecule has 0 spiro atoms. The van der Waals surface area contributed by atoms with Gasteiger partial charge in [0.15, 0.2) is 0 Å². The van der Waals surface area contributed by atoms with E-state index in [1.165, 1.54) is 0 Å². The van der Waals surface area contributed by atoms with Crippen LogP contribution in [0, 0.1) is 0 Å². The Balaban J connectivity index is 1.99. The van der Waals surface area contributed by atoms with E-state index in [1.807, 2.05) is 36.6 Å². The maximum Gasteiger partial charge on any atom is 0.244 e. The molecule has 0 aromatic heterocycles. The molecule has 1 aromatic rings. The van der Waals surface area contributed by atoms with Crippen LogP contribution < -0.4 is 10.6 Å². The SMILES string of the molecule is CSC[C@H]1NC(=O)[C@@H](Cc2ccccc2)NC1=O. The summed E-state index contributed by atoms with van der Waals surface area (Å²) in [5.74, 6) is 0.415. The molecule has 0 saturated carbocycles. The summed E-state index contributed by atoms with van der Waals surface area (Å²) < 4.78 is 0. The van der Waals surface area contributed by atoms with Gasteiger partial charge in [-0.3, -0.25) is 9.59 Å². The predicted octanol–water partition coefficient (Wildman–Crippen LogP) is 0.575. The summed E-state index contributed by atoms with van der Waals surface area (Å²) in [6.07, 6.45) is 2.44. The van der Waals surface area contributed by atoms with Crippen LogP contribution in [0.25, 0.3) is 0 Å². The van der Waals surface area contributed by atoms with Crippen LogP contribution in [0.2, 0.25) is 0 Å². The summed E-state index contributed by atoms with van der Waals surface area (Å²) in [5, 5.41) is 5.55. The molecular weight excluding hydrogens is 248 g/mol. The van der Waals surface area contributed by atoms with Gasteiger partial charge in [-0.05, 0) is 11.8 Å². The zero-order valence-corrected chi connectivity index (χ0v) is 11.0. The van der Waals surface area contributed by atoms with Crippen LogP contribution in [-0.4, -0.2) is 35.9 Å². The number of piperazine rings is 1. The minimum Gasteiger partial charge on any atom is -0.342 e. The van der Waals surface area contributed by atoms with Crippen LogP contribution in [0.3, 0.4) is 0 Å². The molecule has 0 radical (unpaired) electrons. The number of benzene rings is 1. The second-order valence-corrected chi connectivity index (χ2v) is 5.18. The molecule has 5 heteroatoms. The van der Waals surface area contributed by atoms with Crippen molar-refractivity contribution >= 4 is 23.6 Å². The van der Waals surface area contributed by atoms with E-state index < -0.39 is 12.1 Å². The first-order chi connectivity index (χ1) is 8.70. The number of hydrogen-bond donors (Lipinski definition) is 2. The highest BCUT2D eigenvalue weighted by atomic mass is 32.2. The van der Waals surface area contributed by atoms with Crippen molar-refractivity contribution in [2.24, 2.45) is 0 Å². The molecule has 0 bridgehead atoms. The van der Waals surface area contributed by atoms with Gasteiger partial charge in [0.2, 0.25) is 11.8 Å². The number of carbonyl (C=O) groups is 2. The Kier molecular flexibility index (Phi) is 4.25. The van der Waals surface area contributed by atoms with Crippen molar-refractivity contribution in [1.82, 2.24) is 10.6 Å². The van der Waals surface area contributed by atoms with E-state index >= 15 is 0 Å². The van der Waals surface area contributed by atoms with Gasteiger partial charge >= 0.3 is 0 Å². The highest BCUT2D eigenvalue weighted by molar-refractivity contribution is 7.98. The van der Waals surface area contributed by atoms with Gasteiger partial charge in [0, 0.05) is 12.2 Å². The molecule has 1 aromatic carbocycles. The van der Waals surface area contributed by atoms with Gasteiger partial charge in [0.25, 0.3) is 0 Å². The van der Waals surface area contributed by atoms with Crippen LogP contribution in [-0.2, 0) is 16.0 Å². The summed E-state index contributed by atoms with van der Waals surface area (Å²) in [6, 6.07) is 8.82. The number of hydrogen-bond acceptors (Lipinski definition) is 3. The Hall–Kier alpha value is -1.49. The fraction of sp³-hybridized carbons (Fsp3) is 0.385. The first kappa shape index (κ1) is 13.0. The molecule has 1 aliphatic rings. The van der Waals surface area contributed by atoms with Gasteiger partial charge in [-0.2, -0.15) is 11.8 Å². The fourth-order valence-electron chi connectivity index (χ4n) is 1.95. The fourth-order valence-corrected chi connectivity index (χ4v) is 2.52. The summed E-state index contributed by atoms with van der Waals surface area (Å²) in [5.41, 5.74) is 1.04. The lowest BCUT2D eigenvalue weighted by atomic mass is 10.0. The molecule has 2 rings (SSSR count). The number of rotatable bonds is 4. The van der Waals surface area contributed by atoms with Gasteiger partial charge in [0.1, 0.15) is 12.1 Å². The van der Waals surface area contributed by atoms with E-state index in [1.54, 1.807) is 11.8 Å². The smallest absolute Gasteiger partial charge is 0.244 e. The Morgan fingerprint density at radius 2 is 1.67 bits per heavy atom. The maximum absolute atomic E-state index is 11.9. The van der Waals surface area contributed by atoms with Gasteiger partial charge in [0.05, 0.1) is 0 Å². The molecule has 0 unspecified atom stereocenters. The molecule has 1 saturated heterocycles. The first-order valence-corrected chi connectivity index (χ1v) is 7.23. The van der Waals surface area contributed by atoms with E-state index in [9.17, 15) is 9.59 Å². The normalized spacial score (nSPS) is 23.4. The molecule has 96 valence electrons. The summed E-state index contributed by atoms with van der Waals surface area (Å²) >= 11 is 1.54. The van der Waals surface area contributed by atoms with E-state index in [0.29, 0.717) is 12.2 Å². The molecule has 4 nitrogen and oxygen atoms in total. The molecule has 1 aliphatic heterocycles. The van der Waals surface area contributed by atoms with Crippen molar-refractivity contribution in [3.8, 4) is 0 Å². The second-order valence-electron chi connectivity index (χ2n) is 4.27. The van der Waals surface area contributed by atoms with Crippen LogP contribution in [0.1, 0.15) is 5.56 Å². The molecule has 1 fully saturated rings. The average molecular weight is 264 g/mol. The lowest BCUT2D eigenvalue weighted by Crippen LogP contribution is -2.63. The standard InChI is InChI=1S/C13H16N2O2S/c1-18-8-11-13(17)14-10(12(16)15-11)7-9-5-3-2-4-6-9/h2-6,10-11H,7-8H2,1H3,(H,14,17)(H,15,16)/t10-,11-/m1/s1. The summed E-state index contributed by atoms with van der Waals surface area (Å²) in [4.78, 5) is 23.7. The minimum atomic E-state index is -0.460. The third kappa shape index (κ3) is 3.04.